The maximum atomic E-state index is 6.72. The minimum absolute atomic E-state index is 0.349. The molecule has 0 spiro atoms. The molecule has 0 aliphatic carbocycles. The van der Waals surface area contributed by atoms with Gasteiger partial charge < -0.3 is 37.1 Å². The highest BCUT2D eigenvalue weighted by Crippen LogP contribution is 2.51. The fourth-order valence-electron chi connectivity index (χ4n) is 20.5. The Kier molecular flexibility index (Phi) is 25.5. The Morgan fingerprint density at radius 1 is 0.204 bits per heavy atom. The lowest BCUT2D eigenvalue weighted by molar-refractivity contribution is 0.00578. The largest absolute Gasteiger partial charge is 0.494 e. The van der Waals surface area contributed by atoms with Crippen molar-refractivity contribution in [3.8, 4) is 113 Å². The van der Waals surface area contributed by atoms with E-state index in [-0.39, 0.29) is 36.6 Å². The molecule has 0 unspecified atom stereocenters. The van der Waals surface area contributed by atoms with Crippen LogP contribution in [0.15, 0.2) is 255 Å². The molecular formula is C124H126B3ClN8O6. The average Bonchev–Trinajstić information content (AvgIpc) is 1.54. The Morgan fingerprint density at radius 2 is 0.430 bits per heavy atom. The van der Waals surface area contributed by atoms with Gasteiger partial charge in [-0.2, -0.15) is 0 Å². The highest BCUT2D eigenvalue weighted by molar-refractivity contribution is 6.66. The van der Waals surface area contributed by atoms with E-state index in [2.05, 4.69) is 330 Å². The standard InChI is InChI=1S/C59H57BN4O2.C47H41ClN4.C18H28B2O4/c1-34-36(3)40(7)53-51(38(34)5)52-39(6)35(2)37(4)41(8)54(52)64(53)50-30-29-47(57-62-55(42-21-15-13-16-22-42)61-56(63-57)43-23-17-14-18-24-43)33-49(50)46-27-19-25-44(31-46)45-26-20-28-48(32-45)60-65-58(9,10)59(11,12)66-60;1-26-28(3)32(7)43-41(30(26)5)42-31(6)27(2)29(4)33(8)44(42)52(43)40-23-22-37(25-39(40)36-20-15-21-38(48)24-36)47-50-45(34-16-11-9-12-17-34)49-46(51-47)35-18-13-10-14-19-35;1-15(2)16(3,4)22-19(21-15)13-10-9-11-14(12-13)20-23-17(5,6)18(7,8)24-20/h13-33H,1-12H3;9-25H,1-8H3;9-12H,1-8H3. The maximum absolute atomic E-state index is 6.72. The van der Waals surface area contributed by atoms with Crippen LogP contribution < -0.4 is 16.4 Å². The Hall–Kier alpha value is -13.1. The second-order valence-corrected chi connectivity index (χ2v) is 42.7. The van der Waals surface area contributed by atoms with Crippen LogP contribution in [0.3, 0.4) is 0 Å². The summed E-state index contributed by atoms with van der Waals surface area (Å²) in [6.45, 7) is 61.3. The monoisotopic (exact) mass is 1890 g/mol. The Morgan fingerprint density at radius 3 is 0.718 bits per heavy atom. The zero-order valence-electron chi connectivity index (χ0n) is 87.4. The molecule has 714 valence electrons. The Balaban J connectivity index is 0.000000149. The molecule has 0 saturated carbocycles. The van der Waals surface area contributed by atoms with Gasteiger partial charge >= 0.3 is 21.4 Å². The van der Waals surface area contributed by atoms with Crippen molar-refractivity contribution in [1.82, 2.24) is 39.0 Å². The van der Waals surface area contributed by atoms with E-state index in [0.29, 0.717) is 40.0 Å². The van der Waals surface area contributed by atoms with E-state index in [0.717, 1.165) is 94.5 Å². The number of aryl methyl sites for hydroxylation is 8. The van der Waals surface area contributed by atoms with Gasteiger partial charge in [0.15, 0.2) is 34.9 Å². The molecule has 21 rings (SSSR count). The summed E-state index contributed by atoms with van der Waals surface area (Å²) in [5.41, 5.74) is 41.0. The third kappa shape index (κ3) is 17.2. The molecule has 3 saturated heterocycles. The first-order valence-corrected chi connectivity index (χ1v) is 50.0. The molecule has 0 amide bonds. The summed E-state index contributed by atoms with van der Waals surface area (Å²) < 4.78 is 42.7. The molecule has 7 heterocycles. The molecule has 14 nitrogen and oxygen atoms in total. The quantitative estimate of drug-likeness (QED) is 0.0956. The molecule has 0 N–H and O–H groups in total. The van der Waals surface area contributed by atoms with Crippen LogP contribution in [0.25, 0.3) is 157 Å². The maximum Gasteiger partial charge on any atom is 0.494 e. The van der Waals surface area contributed by atoms with Gasteiger partial charge in [-0.25, -0.2) is 29.9 Å². The van der Waals surface area contributed by atoms with E-state index in [9.17, 15) is 0 Å². The third-order valence-electron chi connectivity index (χ3n) is 32.4. The normalized spacial score (nSPS) is 15.5. The van der Waals surface area contributed by atoms with Crippen LogP contribution in [0.2, 0.25) is 5.02 Å². The van der Waals surface area contributed by atoms with Gasteiger partial charge in [-0.1, -0.05) is 212 Å². The van der Waals surface area contributed by atoms with Gasteiger partial charge in [-0.3, -0.25) is 0 Å². The topological polar surface area (TPSA) is 143 Å². The zero-order chi connectivity index (χ0) is 101. The predicted molar refractivity (Wildman–Crippen MR) is 592 cm³/mol. The molecule has 0 atom stereocenters. The molecule has 18 heteroatoms. The number of hydrogen-bond donors (Lipinski definition) is 0. The fourth-order valence-corrected chi connectivity index (χ4v) is 20.7. The van der Waals surface area contributed by atoms with E-state index in [1.54, 1.807) is 0 Å². The smallest absolute Gasteiger partial charge is 0.399 e. The molecule has 0 radical (unpaired) electrons. The van der Waals surface area contributed by atoms with E-state index >= 15 is 0 Å². The van der Waals surface area contributed by atoms with Crippen molar-refractivity contribution in [2.24, 2.45) is 0 Å². The van der Waals surface area contributed by atoms with Crippen molar-refractivity contribution in [3.05, 3.63) is 349 Å². The number of aromatic nitrogens is 8. The van der Waals surface area contributed by atoms with E-state index in [4.69, 9.17) is 69.4 Å². The number of halogens is 1. The highest BCUT2D eigenvalue weighted by Gasteiger charge is 2.55. The summed E-state index contributed by atoms with van der Waals surface area (Å²) in [4.78, 5) is 30.5. The summed E-state index contributed by atoms with van der Waals surface area (Å²) in [6.07, 6.45) is 0. The first-order valence-electron chi connectivity index (χ1n) is 49.6. The van der Waals surface area contributed by atoms with Crippen LogP contribution >= 0.6 is 11.6 Å². The molecule has 14 aromatic carbocycles. The van der Waals surface area contributed by atoms with Gasteiger partial charge in [0.1, 0.15) is 0 Å². The van der Waals surface area contributed by atoms with Gasteiger partial charge in [-0.05, 0) is 376 Å². The predicted octanol–water partition coefficient (Wildman–Crippen LogP) is 29.1. The molecule has 0 bridgehead atoms. The SMILES string of the molecule is CC1(C)OB(c2cccc(B3OC(C)(C)C(C)(C)O3)c2)OC1(C)C.Cc1c(C)c(C)c2c(c1C)c1c(C)c(C)c(C)c(C)c1n2-c1ccc(-c2nc(-c3ccccc3)nc(-c3ccccc3)n2)cc1-c1cccc(-c2cccc(B3OC(C)(C)C(C)(C)O3)c2)c1.Cc1c(C)c(C)c2c(c1C)c1c(C)c(C)c(C)c(C)c1n2-c1ccc(-c2nc(-c3ccccc3)nc(-c3ccccc3)n2)cc1-c1cccc(Cl)c1. The Bertz CT molecular complexity index is 7720. The van der Waals surface area contributed by atoms with Gasteiger partial charge in [0.25, 0.3) is 0 Å². The van der Waals surface area contributed by atoms with Gasteiger partial charge in [0.05, 0.1) is 67.0 Å². The third-order valence-corrected chi connectivity index (χ3v) is 32.7. The van der Waals surface area contributed by atoms with Crippen molar-refractivity contribution in [3.63, 3.8) is 0 Å². The fraction of sp³-hybridized carbons (Fsp3) is 0.274. The first-order chi connectivity index (χ1) is 67.4. The van der Waals surface area contributed by atoms with Crippen LogP contribution in [0.4, 0.5) is 0 Å². The number of fused-ring (bicyclic) bond motifs is 6. The molecule has 3 aliphatic heterocycles. The van der Waals surface area contributed by atoms with E-state index in [1.165, 1.54) is 133 Å². The van der Waals surface area contributed by atoms with Crippen LogP contribution in [0.5, 0.6) is 0 Å². The lowest BCUT2D eigenvalue weighted by atomic mass is 9.72. The molecule has 4 aromatic heterocycles. The van der Waals surface area contributed by atoms with Crippen molar-refractivity contribution < 1.29 is 27.9 Å². The second kappa shape index (κ2) is 37.0. The Labute approximate surface area is 843 Å². The zero-order valence-corrected chi connectivity index (χ0v) is 88.1. The minimum atomic E-state index is -0.462. The number of benzene rings is 14. The minimum Gasteiger partial charge on any atom is -0.399 e. The van der Waals surface area contributed by atoms with Gasteiger partial charge in [-0.15, -0.1) is 0 Å². The summed E-state index contributed by atoms with van der Waals surface area (Å²) in [5.74, 6) is 3.75. The second-order valence-electron chi connectivity index (χ2n) is 42.3. The highest BCUT2D eigenvalue weighted by atomic mass is 35.5. The molecule has 3 aliphatic rings. The van der Waals surface area contributed by atoms with Crippen LogP contribution in [0.1, 0.15) is 172 Å². The summed E-state index contributed by atoms with van der Waals surface area (Å²) in [5, 5.41) is 6.01. The number of rotatable bonds is 14. The lowest BCUT2D eigenvalue weighted by Gasteiger charge is -2.32. The van der Waals surface area contributed by atoms with Crippen molar-refractivity contribution in [2.45, 2.75) is 227 Å². The van der Waals surface area contributed by atoms with Crippen LogP contribution in [-0.2, 0) is 27.9 Å². The molecule has 142 heavy (non-hydrogen) atoms. The average molecular weight is 1890 g/mol. The summed E-state index contributed by atoms with van der Waals surface area (Å²) in [7, 11) is -1.22. The van der Waals surface area contributed by atoms with E-state index in [1.807, 2.05) is 127 Å². The molecule has 3 fully saturated rings. The van der Waals surface area contributed by atoms with Crippen molar-refractivity contribution >= 4 is 93.0 Å². The molecular weight excluding hydrogens is 1770 g/mol. The van der Waals surface area contributed by atoms with Crippen LogP contribution in [0, 0.1) is 111 Å². The summed E-state index contributed by atoms with van der Waals surface area (Å²) in [6, 6.07) is 87.7. The van der Waals surface area contributed by atoms with Crippen molar-refractivity contribution in [2.75, 3.05) is 0 Å². The van der Waals surface area contributed by atoms with Gasteiger partial charge in [0.2, 0.25) is 0 Å². The summed E-state index contributed by atoms with van der Waals surface area (Å²) >= 11 is 6.72. The molecule has 18 aromatic rings. The van der Waals surface area contributed by atoms with Crippen molar-refractivity contribution in [1.29, 1.82) is 0 Å². The lowest BCUT2D eigenvalue weighted by Crippen LogP contribution is -2.41. The van der Waals surface area contributed by atoms with E-state index < -0.39 is 18.3 Å². The van der Waals surface area contributed by atoms with Crippen LogP contribution in [-0.4, -0.2) is 94.0 Å². The number of hydrogen-bond acceptors (Lipinski definition) is 12. The first kappa shape index (κ1) is 97.8. The van der Waals surface area contributed by atoms with Gasteiger partial charge in [0, 0.05) is 71.1 Å². The number of nitrogens with zero attached hydrogens (tertiary/aromatic N) is 8.